The molecule has 5 nitrogen and oxygen atoms in total. The molecule has 130 valence electrons. The monoisotopic (exact) mass is 314 g/mol. The van der Waals surface area contributed by atoms with Crippen molar-refractivity contribution in [3.63, 3.8) is 0 Å². The number of hydrogen-bond donors (Lipinski definition) is 2. The van der Waals surface area contributed by atoms with Gasteiger partial charge < -0.3 is 15.4 Å². The van der Waals surface area contributed by atoms with Crippen LogP contribution in [0.15, 0.2) is 0 Å². The fourth-order valence-electron chi connectivity index (χ4n) is 1.96. The third kappa shape index (κ3) is 10.5. The summed E-state index contributed by atoms with van der Waals surface area (Å²) < 4.78 is 5.13. The lowest BCUT2D eigenvalue weighted by atomic mass is 9.82. The molecule has 0 spiro atoms. The number of nitrogens with one attached hydrogen (secondary N) is 2. The summed E-state index contributed by atoms with van der Waals surface area (Å²) in [5.41, 5.74) is -0.514. The lowest BCUT2D eigenvalue weighted by molar-refractivity contribution is -0.122. The first-order valence-electron chi connectivity index (χ1n) is 8.07. The van der Waals surface area contributed by atoms with Gasteiger partial charge >= 0.3 is 6.09 Å². The molecule has 2 N–H and O–H groups in total. The first kappa shape index (κ1) is 20.7. The van der Waals surface area contributed by atoms with E-state index >= 15 is 0 Å². The Kier molecular flexibility index (Phi) is 7.91. The summed E-state index contributed by atoms with van der Waals surface area (Å²) in [6.45, 7) is 16.4. The molecule has 0 rings (SSSR count). The first-order chi connectivity index (χ1) is 9.81. The maximum absolute atomic E-state index is 12.0. The maximum atomic E-state index is 12.0. The lowest BCUT2D eigenvalue weighted by Crippen LogP contribution is -2.45. The zero-order valence-electron chi connectivity index (χ0n) is 15.5. The molecule has 0 aliphatic carbocycles. The van der Waals surface area contributed by atoms with Gasteiger partial charge in [0.15, 0.2) is 0 Å². The Hall–Kier alpha value is -1.26. The number of ether oxygens (including phenoxy) is 1. The number of amides is 2. The van der Waals surface area contributed by atoms with Crippen molar-refractivity contribution in [2.24, 2.45) is 11.3 Å². The smallest absolute Gasteiger partial charge is 0.407 e. The molecule has 0 aromatic heterocycles. The van der Waals surface area contributed by atoms with E-state index in [1.54, 1.807) is 20.8 Å². The van der Waals surface area contributed by atoms with Gasteiger partial charge in [-0.25, -0.2) is 4.79 Å². The van der Waals surface area contributed by atoms with E-state index in [9.17, 15) is 9.59 Å². The Bertz CT molecular complexity index is 365. The average molecular weight is 314 g/mol. The molecule has 0 saturated heterocycles. The van der Waals surface area contributed by atoms with E-state index in [1.165, 1.54) is 0 Å². The molecule has 0 aromatic carbocycles. The predicted octanol–water partition coefficient (Wildman–Crippen LogP) is 3.48. The van der Waals surface area contributed by atoms with Crippen molar-refractivity contribution in [2.45, 2.75) is 79.9 Å². The van der Waals surface area contributed by atoms with Gasteiger partial charge in [-0.15, -0.1) is 0 Å². The van der Waals surface area contributed by atoms with E-state index in [4.69, 9.17) is 4.74 Å². The van der Waals surface area contributed by atoms with Gasteiger partial charge in [-0.2, -0.15) is 0 Å². The lowest BCUT2D eigenvalue weighted by Gasteiger charge is -2.33. The van der Waals surface area contributed by atoms with Crippen LogP contribution in [0.5, 0.6) is 0 Å². The minimum atomic E-state index is -0.527. The van der Waals surface area contributed by atoms with Crippen LogP contribution >= 0.6 is 0 Å². The molecule has 5 heteroatoms. The SMILES string of the molecule is CC(C)CC(NC(=O)CCNC(=O)OC(C)(C)C)C(C)(C)C. The van der Waals surface area contributed by atoms with Gasteiger partial charge in [-0.3, -0.25) is 4.79 Å². The molecule has 1 atom stereocenters. The Labute approximate surface area is 135 Å². The molecule has 0 aromatic rings. The van der Waals surface area contributed by atoms with E-state index in [0.717, 1.165) is 6.42 Å². The summed E-state index contributed by atoms with van der Waals surface area (Å²) in [7, 11) is 0. The molecule has 2 amide bonds. The Balaban J connectivity index is 4.23. The van der Waals surface area contributed by atoms with Crippen molar-refractivity contribution in [3.8, 4) is 0 Å². The van der Waals surface area contributed by atoms with E-state index in [0.29, 0.717) is 5.92 Å². The van der Waals surface area contributed by atoms with Gasteiger partial charge in [0.25, 0.3) is 0 Å². The highest BCUT2D eigenvalue weighted by atomic mass is 16.6. The van der Waals surface area contributed by atoms with Gasteiger partial charge in [0.1, 0.15) is 5.60 Å². The van der Waals surface area contributed by atoms with Crippen LogP contribution in [-0.4, -0.2) is 30.2 Å². The van der Waals surface area contributed by atoms with Gasteiger partial charge in [-0.05, 0) is 38.5 Å². The molecule has 0 radical (unpaired) electrons. The van der Waals surface area contributed by atoms with E-state index in [2.05, 4.69) is 45.3 Å². The standard InChI is InChI=1S/C17H34N2O3/c1-12(2)11-13(16(3,4)5)19-14(20)9-10-18-15(21)22-17(6,7)8/h12-13H,9-11H2,1-8H3,(H,18,21)(H,19,20). The molecular formula is C17H34N2O3. The van der Waals surface area contributed by atoms with Crippen LogP contribution in [0, 0.1) is 11.3 Å². The zero-order valence-corrected chi connectivity index (χ0v) is 15.5. The molecule has 0 heterocycles. The third-order valence-electron chi connectivity index (χ3n) is 3.11. The zero-order chi connectivity index (χ0) is 17.6. The highest BCUT2D eigenvalue weighted by Crippen LogP contribution is 2.24. The number of hydrogen-bond acceptors (Lipinski definition) is 3. The van der Waals surface area contributed by atoms with Crippen LogP contribution in [0.2, 0.25) is 0 Å². The Morgan fingerprint density at radius 2 is 1.59 bits per heavy atom. The number of carbonyl (C=O) groups excluding carboxylic acids is 2. The summed E-state index contributed by atoms with van der Waals surface area (Å²) in [4.78, 5) is 23.5. The minimum absolute atomic E-state index is 0.0124. The first-order valence-corrected chi connectivity index (χ1v) is 8.07. The molecule has 0 aliphatic rings. The summed E-state index contributed by atoms with van der Waals surface area (Å²) >= 11 is 0. The third-order valence-corrected chi connectivity index (χ3v) is 3.11. The van der Waals surface area contributed by atoms with Crippen LogP contribution < -0.4 is 10.6 Å². The van der Waals surface area contributed by atoms with Gasteiger partial charge in [0, 0.05) is 19.0 Å². The maximum Gasteiger partial charge on any atom is 0.407 e. The second-order valence-electron chi connectivity index (χ2n) is 8.29. The van der Waals surface area contributed by atoms with Gasteiger partial charge in [-0.1, -0.05) is 34.6 Å². The molecular weight excluding hydrogens is 280 g/mol. The largest absolute Gasteiger partial charge is 0.444 e. The van der Waals surface area contributed by atoms with Crippen LogP contribution in [-0.2, 0) is 9.53 Å². The summed E-state index contributed by atoms with van der Waals surface area (Å²) in [6.07, 6.45) is 0.702. The molecule has 1 unspecified atom stereocenters. The number of alkyl carbamates (subject to hydrolysis) is 1. The van der Waals surface area contributed by atoms with Gasteiger partial charge in [0.05, 0.1) is 0 Å². The van der Waals surface area contributed by atoms with Crippen molar-refractivity contribution < 1.29 is 14.3 Å². The molecule has 0 aliphatic heterocycles. The van der Waals surface area contributed by atoms with Crippen molar-refractivity contribution in [1.29, 1.82) is 0 Å². The van der Waals surface area contributed by atoms with Crippen molar-refractivity contribution in [2.75, 3.05) is 6.54 Å². The molecule has 22 heavy (non-hydrogen) atoms. The highest BCUT2D eigenvalue weighted by molar-refractivity contribution is 5.77. The van der Waals surface area contributed by atoms with Crippen molar-refractivity contribution in [1.82, 2.24) is 10.6 Å². The highest BCUT2D eigenvalue weighted by Gasteiger charge is 2.26. The van der Waals surface area contributed by atoms with Crippen molar-refractivity contribution >= 4 is 12.0 Å². The molecule has 0 saturated carbocycles. The number of carbonyl (C=O) groups is 2. The molecule has 0 bridgehead atoms. The van der Waals surface area contributed by atoms with E-state index < -0.39 is 11.7 Å². The van der Waals surface area contributed by atoms with E-state index in [-0.39, 0.29) is 30.3 Å². The van der Waals surface area contributed by atoms with E-state index in [1.807, 2.05) is 0 Å². The van der Waals surface area contributed by atoms with Crippen LogP contribution in [0.4, 0.5) is 4.79 Å². The summed E-state index contributed by atoms with van der Waals surface area (Å²) in [5, 5.41) is 5.68. The normalized spacial score (nSPS) is 13.7. The molecule has 0 fully saturated rings. The van der Waals surface area contributed by atoms with Crippen molar-refractivity contribution in [3.05, 3.63) is 0 Å². The summed E-state index contributed by atoms with van der Waals surface area (Å²) in [5.74, 6) is 0.473. The topological polar surface area (TPSA) is 67.4 Å². The average Bonchev–Trinajstić information content (AvgIpc) is 2.23. The minimum Gasteiger partial charge on any atom is -0.444 e. The van der Waals surface area contributed by atoms with Crippen LogP contribution in [0.1, 0.15) is 68.2 Å². The Morgan fingerprint density at radius 3 is 2.00 bits per heavy atom. The van der Waals surface area contributed by atoms with Crippen LogP contribution in [0.3, 0.4) is 0 Å². The predicted molar refractivity (Wildman–Crippen MR) is 89.7 cm³/mol. The fourth-order valence-corrected chi connectivity index (χ4v) is 1.96. The van der Waals surface area contributed by atoms with Crippen LogP contribution in [0.25, 0.3) is 0 Å². The summed E-state index contributed by atoms with van der Waals surface area (Å²) in [6, 6.07) is 0.126. The van der Waals surface area contributed by atoms with Gasteiger partial charge in [0.2, 0.25) is 5.91 Å². The Morgan fingerprint density at radius 1 is 1.05 bits per heavy atom. The second-order valence-corrected chi connectivity index (χ2v) is 8.29. The second kappa shape index (κ2) is 8.39. The quantitative estimate of drug-likeness (QED) is 0.788. The fraction of sp³-hybridized carbons (Fsp3) is 0.882. The number of rotatable bonds is 6.